The highest BCUT2D eigenvalue weighted by molar-refractivity contribution is 9.25. The lowest BCUT2D eigenvalue weighted by Gasteiger charge is -2.14. The summed E-state index contributed by atoms with van der Waals surface area (Å²) in [5.74, 6) is 0. The molecule has 0 unspecified atom stereocenters. The van der Waals surface area contributed by atoms with Gasteiger partial charge in [-0.05, 0) is 12.5 Å². The van der Waals surface area contributed by atoms with Gasteiger partial charge in [0.25, 0.3) is 0 Å². The molecule has 70 valence electrons. The van der Waals surface area contributed by atoms with E-state index in [1.165, 1.54) is 0 Å². The molecule has 0 saturated heterocycles. The summed E-state index contributed by atoms with van der Waals surface area (Å²) in [5, 5.41) is 0. The van der Waals surface area contributed by atoms with Gasteiger partial charge in [0.1, 0.15) is 0 Å². The van der Waals surface area contributed by atoms with Crippen LogP contribution in [0, 0.1) is 6.92 Å². The number of aryl methyl sites for hydroxylation is 1. The second kappa shape index (κ2) is 3.88. The summed E-state index contributed by atoms with van der Waals surface area (Å²) in [6.45, 7) is 1.92. The highest BCUT2D eigenvalue weighted by Crippen LogP contribution is 2.39. The summed E-state index contributed by atoms with van der Waals surface area (Å²) in [6, 6.07) is 5.55. The minimum absolute atomic E-state index is 0.547. The molecule has 1 nitrogen and oxygen atoms in total. The maximum absolute atomic E-state index is 12.5. The van der Waals surface area contributed by atoms with Crippen molar-refractivity contribution in [1.82, 2.24) is 0 Å². The highest BCUT2D eigenvalue weighted by Gasteiger charge is 2.34. The van der Waals surface area contributed by atoms with Gasteiger partial charge in [-0.2, -0.15) is 4.39 Å². The molecule has 0 bridgehead atoms. The third-order valence-corrected chi connectivity index (χ3v) is 3.20. The maximum Gasteiger partial charge on any atom is 0.333 e. The van der Waals surface area contributed by atoms with E-state index in [-0.39, 0.29) is 0 Å². The molecule has 0 fully saturated rings. The monoisotopic (exact) mass is 308 g/mol. The molecule has 0 aliphatic rings. The van der Waals surface area contributed by atoms with Gasteiger partial charge in [0.15, 0.2) is 3.23 Å². The Morgan fingerprint density at radius 1 is 1.31 bits per heavy atom. The van der Waals surface area contributed by atoms with Crippen molar-refractivity contribution < 1.29 is 9.18 Å². The molecule has 0 aliphatic heterocycles. The Balaban J connectivity index is 3.08. The van der Waals surface area contributed by atoms with Gasteiger partial charge in [-0.25, -0.2) is 0 Å². The second-order valence-electron chi connectivity index (χ2n) is 2.71. The van der Waals surface area contributed by atoms with Crippen LogP contribution in [0.15, 0.2) is 24.3 Å². The molecule has 1 aromatic rings. The van der Waals surface area contributed by atoms with Gasteiger partial charge >= 0.3 is 6.04 Å². The van der Waals surface area contributed by atoms with Crippen molar-refractivity contribution in [3.63, 3.8) is 0 Å². The fourth-order valence-electron chi connectivity index (χ4n) is 0.876. The number of rotatable bonds is 2. The summed E-state index contributed by atoms with van der Waals surface area (Å²) >= 11 is 5.94. The normalized spacial score (nSPS) is 11.4. The number of carbonyl (C=O) groups excluding carboxylic acids is 1. The van der Waals surface area contributed by atoms with Crippen LogP contribution in [0.25, 0.3) is 0 Å². The van der Waals surface area contributed by atoms with Gasteiger partial charge in [-0.1, -0.05) is 61.7 Å². The van der Waals surface area contributed by atoms with Gasteiger partial charge in [0.2, 0.25) is 0 Å². The predicted molar refractivity (Wildman–Crippen MR) is 56.8 cm³/mol. The zero-order chi connectivity index (χ0) is 10.1. The number of benzene rings is 1. The second-order valence-corrected chi connectivity index (χ2v) is 6.16. The van der Waals surface area contributed by atoms with Gasteiger partial charge < -0.3 is 0 Å². The fourth-order valence-corrected chi connectivity index (χ4v) is 1.41. The van der Waals surface area contributed by atoms with E-state index in [9.17, 15) is 9.18 Å². The lowest BCUT2D eigenvalue weighted by molar-refractivity contribution is -0.129. The molecule has 0 amide bonds. The third kappa shape index (κ3) is 2.38. The molecule has 0 radical (unpaired) electrons. The summed E-state index contributed by atoms with van der Waals surface area (Å²) in [7, 11) is 0. The summed E-state index contributed by atoms with van der Waals surface area (Å²) < 4.78 is 11.1. The molecule has 0 aliphatic carbocycles. The third-order valence-electron chi connectivity index (χ3n) is 1.66. The van der Waals surface area contributed by atoms with E-state index in [4.69, 9.17) is 0 Å². The Bertz CT molecular complexity index is 319. The van der Waals surface area contributed by atoms with Crippen LogP contribution < -0.4 is 0 Å². The summed E-state index contributed by atoms with van der Waals surface area (Å²) in [5.41, 5.74) is 1.61. The van der Waals surface area contributed by atoms with E-state index in [0.29, 0.717) is 5.56 Å². The molecular formula is C9H7Br2FO. The minimum Gasteiger partial charge on any atom is -0.258 e. The van der Waals surface area contributed by atoms with Crippen LogP contribution in [0.3, 0.4) is 0 Å². The average Bonchev–Trinajstić information content (AvgIpc) is 2.04. The number of hydrogen-bond acceptors (Lipinski definition) is 1. The van der Waals surface area contributed by atoms with Crippen molar-refractivity contribution in [2.24, 2.45) is 0 Å². The number of halogens is 3. The van der Waals surface area contributed by atoms with E-state index in [2.05, 4.69) is 31.9 Å². The number of carbonyl (C=O) groups is 1. The Kier molecular flexibility index (Phi) is 3.24. The van der Waals surface area contributed by atoms with Gasteiger partial charge in [-0.15, -0.1) is 0 Å². The standard InChI is InChI=1S/C9H7Br2FO/c1-6-2-4-7(5-3-6)9(10,11)8(12)13/h2-5H,1H3. The van der Waals surface area contributed by atoms with Crippen LogP contribution in [0.5, 0.6) is 0 Å². The van der Waals surface area contributed by atoms with Crippen molar-refractivity contribution in [3.05, 3.63) is 35.4 Å². The molecule has 13 heavy (non-hydrogen) atoms. The van der Waals surface area contributed by atoms with Crippen molar-refractivity contribution >= 4 is 37.9 Å². The van der Waals surface area contributed by atoms with E-state index < -0.39 is 9.27 Å². The molecule has 0 atom stereocenters. The predicted octanol–water partition coefficient (Wildman–Crippen LogP) is 3.43. The average molecular weight is 310 g/mol. The van der Waals surface area contributed by atoms with E-state index in [1.54, 1.807) is 12.1 Å². The van der Waals surface area contributed by atoms with Crippen LogP contribution in [-0.4, -0.2) is 6.04 Å². The first-order valence-electron chi connectivity index (χ1n) is 3.59. The Morgan fingerprint density at radius 2 is 1.77 bits per heavy atom. The van der Waals surface area contributed by atoms with Gasteiger partial charge in [-0.3, -0.25) is 4.79 Å². The Hall–Kier alpha value is -0.220. The maximum atomic E-state index is 12.5. The first-order chi connectivity index (χ1) is 5.94. The molecule has 1 rings (SSSR count). The topological polar surface area (TPSA) is 17.1 Å². The largest absolute Gasteiger partial charge is 0.333 e. The molecule has 0 N–H and O–H groups in total. The lowest BCUT2D eigenvalue weighted by atomic mass is 10.1. The molecular weight excluding hydrogens is 303 g/mol. The van der Waals surface area contributed by atoms with Crippen molar-refractivity contribution in [2.45, 2.75) is 10.2 Å². The van der Waals surface area contributed by atoms with Gasteiger partial charge in [0, 0.05) is 0 Å². The zero-order valence-electron chi connectivity index (χ0n) is 6.85. The number of hydrogen-bond donors (Lipinski definition) is 0. The SMILES string of the molecule is Cc1ccc(C(Br)(Br)C(=O)F)cc1. The summed E-state index contributed by atoms with van der Waals surface area (Å²) in [6.07, 6.45) is 0. The smallest absolute Gasteiger partial charge is 0.258 e. The Labute approximate surface area is 92.6 Å². The van der Waals surface area contributed by atoms with Crippen LogP contribution in [0.2, 0.25) is 0 Å². The molecule has 1 aromatic carbocycles. The molecule has 0 aromatic heterocycles. The Morgan fingerprint density at radius 3 is 2.15 bits per heavy atom. The first kappa shape index (κ1) is 10.9. The van der Waals surface area contributed by atoms with Crippen molar-refractivity contribution in [3.8, 4) is 0 Å². The summed E-state index contributed by atoms with van der Waals surface area (Å²) in [4.78, 5) is 10.6. The molecule has 0 heterocycles. The fraction of sp³-hybridized carbons (Fsp3) is 0.222. The van der Waals surface area contributed by atoms with Crippen molar-refractivity contribution in [1.29, 1.82) is 0 Å². The van der Waals surface area contributed by atoms with E-state index in [0.717, 1.165) is 5.56 Å². The molecule has 0 spiro atoms. The van der Waals surface area contributed by atoms with Crippen LogP contribution >= 0.6 is 31.9 Å². The lowest BCUT2D eigenvalue weighted by Crippen LogP contribution is -2.17. The molecule has 4 heteroatoms. The highest BCUT2D eigenvalue weighted by atomic mass is 79.9. The zero-order valence-corrected chi connectivity index (χ0v) is 10.0. The first-order valence-corrected chi connectivity index (χ1v) is 5.18. The quantitative estimate of drug-likeness (QED) is 0.604. The minimum atomic E-state index is -1.46. The van der Waals surface area contributed by atoms with E-state index in [1.807, 2.05) is 19.1 Å². The molecule has 0 saturated carbocycles. The number of alkyl halides is 2. The van der Waals surface area contributed by atoms with Gasteiger partial charge in [0.05, 0.1) is 0 Å². The van der Waals surface area contributed by atoms with Crippen LogP contribution in [0.1, 0.15) is 11.1 Å². The van der Waals surface area contributed by atoms with Crippen molar-refractivity contribution in [2.75, 3.05) is 0 Å². The van der Waals surface area contributed by atoms with Crippen LogP contribution in [-0.2, 0) is 8.03 Å². The van der Waals surface area contributed by atoms with Crippen LogP contribution in [0.4, 0.5) is 4.39 Å². The van der Waals surface area contributed by atoms with E-state index >= 15 is 0 Å².